The third-order valence-electron chi connectivity index (χ3n) is 3.93. The molecule has 1 aliphatic carbocycles. The van der Waals surface area contributed by atoms with Crippen LogP contribution in [0.25, 0.3) is 0 Å². The zero-order valence-electron chi connectivity index (χ0n) is 13.5. The lowest BCUT2D eigenvalue weighted by Gasteiger charge is -2.23. The molecule has 0 spiro atoms. The first-order valence-electron chi connectivity index (χ1n) is 8.38. The smallest absolute Gasteiger partial charge is 0.263 e. The molecule has 0 saturated heterocycles. The molecule has 0 heterocycles. The van der Waals surface area contributed by atoms with Gasteiger partial charge in [0.2, 0.25) is 0 Å². The summed E-state index contributed by atoms with van der Waals surface area (Å²) in [5, 5.41) is 12.3. The van der Waals surface area contributed by atoms with Crippen LogP contribution < -0.4 is 5.32 Å². The lowest BCUT2D eigenvalue weighted by molar-refractivity contribution is -0.118. The molecule has 0 aliphatic heterocycles. The minimum Gasteiger partial charge on any atom is -0.376 e. The number of carbonyl (C=O) groups excluding carboxylic acids is 1. The molecule has 1 aliphatic rings. The first-order chi connectivity index (χ1) is 10.2. The van der Waals surface area contributed by atoms with Crippen molar-refractivity contribution in [2.45, 2.75) is 71.3 Å². The van der Waals surface area contributed by atoms with Gasteiger partial charge in [-0.25, -0.2) is 0 Å². The molecule has 1 fully saturated rings. The Hall–Kier alpha value is -1.50. The van der Waals surface area contributed by atoms with E-state index < -0.39 is 0 Å². The summed E-state index contributed by atoms with van der Waals surface area (Å²) >= 11 is 0. The van der Waals surface area contributed by atoms with Crippen LogP contribution >= 0.6 is 0 Å². The number of carbonyl (C=O) groups is 1. The quantitative estimate of drug-likeness (QED) is 0.551. The predicted octanol–water partition coefficient (Wildman–Crippen LogP) is 3.35. The summed E-state index contributed by atoms with van der Waals surface area (Å²) in [6.45, 7) is 6.06. The lowest BCUT2D eigenvalue weighted by Crippen LogP contribution is -2.37. The first-order valence-corrected chi connectivity index (χ1v) is 8.38. The van der Waals surface area contributed by atoms with E-state index in [9.17, 15) is 10.1 Å². The number of hydrogen-bond donors (Lipinski definition) is 1. The summed E-state index contributed by atoms with van der Waals surface area (Å²) in [7, 11) is 0. The van der Waals surface area contributed by atoms with Crippen molar-refractivity contribution >= 4 is 5.91 Å². The minimum atomic E-state index is -0.206. The van der Waals surface area contributed by atoms with Crippen molar-refractivity contribution in [3.63, 3.8) is 0 Å². The zero-order chi connectivity index (χ0) is 15.5. The Balaban J connectivity index is 2.61. The average molecular weight is 291 g/mol. The fraction of sp³-hybridized carbons (Fsp3) is 0.765. The van der Waals surface area contributed by atoms with Gasteiger partial charge in [-0.15, -0.1) is 0 Å². The second kappa shape index (κ2) is 10.3. The Morgan fingerprint density at radius 3 is 2.52 bits per heavy atom. The maximum absolute atomic E-state index is 12.2. The molecule has 1 rings (SSSR count). The maximum atomic E-state index is 12.2. The van der Waals surface area contributed by atoms with Crippen molar-refractivity contribution in [3.8, 4) is 6.07 Å². The highest BCUT2D eigenvalue weighted by Gasteiger charge is 2.18. The van der Waals surface area contributed by atoms with E-state index in [-0.39, 0.29) is 17.5 Å². The van der Waals surface area contributed by atoms with E-state index in [0.717, 1.165) is 45.2 Å². The second-order valence-electron chi connectivity index (χ2n) is 5.85. The maximum Gasteiger partial charge on any atom is 0.263 e. The van der Waals surface area contributed by atoms with E-state index in [4.69, 9.17) is 0 Å². The minimum absolute atomic E-state index is 0.206. The Morgan fingerprint density at radius 2 is 1.95 bits per heavy atom. The number of rotatable bonds is 8. The van der Waals surface area contributed by atoms with Crippen molar-refractivity contribution in [3.05, 3.63) is 11.8 Å². The Kier molecular flexibility index (Phi) is 8.57. The van der Waals surface area contributed by atoms with Gasteiger partial charge in [0.25, 0.3) is 5.91 Å². The molecular weight excluding hydrogens is 262 g/mol. The molecule has 0 unspecified atom stereocenters. The highest BCUT2D eigenvalue weighted by molar-refractivity contribution is 5.97. The SMILES string of the molecule is CCCCN(/C=C(/C#N)C(=O)NC1CCCCC1)CCC. The van der Waals surface area contributed by atoms with Gasteiger partial charge in [-0.3, -0.25) is 4.79 Å². The van der Waals surface area contributed by atoms with Gasteiger partial charge in [0.05, 0.1) is 0 Å². The number of unbranched alkanes of at least 4 members (excludes halogenated alkanes) is 1. The van der Waals surface area contributed by atoms with Crippen LogP contribution in [-0.4, -0.2) is 29.9 Å². The van der Waals surface area contributed by atoms with E-state index >= 15 is 0 Å². The van der Waals surface area contributed by atoms with Crippen molar-refractivity contribution in [1.82, 2.24) is 10.2 Å². The van der Waals surface area contributed by atoms with Crippen LogP contribution in [0.2, 0.25) is 0 Å². The van der Waals surface area contributed by atoms with Gasteiger partial charge in [0.15, 0.2) is 0 Å². The molecule has 0 bridgehead atoms. The Bertz CT molecular complexity index is 378. The lowest BCUT2D eigenvalue weighted by atomic mass is 9.95. The fourth-order valence-electron chi connectivity index (χ4n) is 2.72. The molecule has 1 saturated carbocycles. The molecular formula is C17H29N3O. The normalized spacial score (nSPS) is 16.3. The van der Waals surface area contributed by atoms with Crippen LogP contribution in [0.1, 0.15) is 65.2 Å². The predicted molar refractivity (Wildman–Crippen MR) is 85.5 cm³/mol. The van der Waals surface area contributed by atoms with Gasteiger partial charge in [-0.05, 0) is 25.7 Å². The summed E-state index contributed by atoms with van der Waals surface area (Å²) in [5.74, 6) is -0.206. The average Bonchev–Trinajstić information content (AvgIpc) is 2.50. The van der Waals surface area contributed by atoms with Gasteiger partial charge in [-0.1, -0.05) is 39.5 Å². The molecule has 0 atom stereocenters. The molecule has 1 N–H and O–H groups in total. The zero-order valence-corrected chi connectivity index (χ0v) is 13.5. The molecule has 1 amide bonds. The molecule has 0 aromatic rings. The highest BCUT2D eigenvalue weighted by atomic mass is 16.1. The second-order valence-corrected chi connectivity index (χ2v) is 5.85. The molecule has 21 heavy (non-hydrogen) atoms. The molecule has 4 nitrogen and oxygen atoms in total. The van der Waals surface area contributed by atoms with Crippen LogP contribution in [0.5, 0.6) is 0 Å². The Labute approximate surface area is 129 Å². The van der Waals surface area contributed by atoms with Crippen molar-refractivity contribution in [2.24, 2.45) is 0 Å². The fourth-order valence-corrected chi connectivity index (χ4v) is 2.72. The van der Waals surface area contributed by atoms with Crippen LogP contribution in [-0.2, 0) is 4.79 Å². The number of amides is 1. The van der Waals surface area contributed by atoms with E-state index in [1.165, 1.54) is 19.3 Å². The highest BCUT2D eigenvalue weighted by Crippen LogP contribution is 2.17. The third-order valence-corrected chi connectivity index (χ3v) is 3.93. The molecule has 0 aromatic carbocycles. The number of hydrogen-bond acceptors (Lipinski definition) is 3. The summed E-state index contributed by atoms with van der Waals surface area (Å²) in [6.07, 6.45) is 10.7. The van der Waals surface area contributed by atoms with E-state index in [1.54, 1.807) is 6.20 Å². The number of nitriles is 1. The standard InChI is InChI=1S/C17H29N3O/c1-3-5-12-20(11-4-2)14-15(13-18)17(21)19-16-9-7-6-8-10-16/h14,16H,3-12H2,1-2H3,(H,19,21)/b15-14-. The number of nitrogens with zero attached hydrogens (tertiary/aromatic N) is 2. The van der Waals surface area contributed by atoms with Gasteiger partial charge < -0.3 is 10.2 Å². The molecule has 4 heteroatoms. The summed E-state index contributed by atoms with van der Waals surface area (Å²) in [6, 6.07) is 2.31. The van der Waals surface area contributed by atoms with Crippen molar-refractivity contribution in [1.29, 1.82) is 5.26 Å². The largest absolute Gasteiger partial charge is 0.376 e. The third kappa shape index (κ3) is 6.66. The number of nitrogens with one attached hydrogen (secondary N) is 1. The van der Waals surface area contributed by atoms with Crippen LogP contribution in [0.15, 0.2) is 11.8 Å². The topological polar surface area (TPSA) is 56.1 Å². The van der Waals surface area contributed by atoms with Crippen molar-refractivity contribution in [2.75, 3.05) is 13.1 Å². The summed E-state index contributed by atoms with van der Waals surface area (Å²) in [5.41, 5.74) is 0.241. The van der Waals surface area contributed by atoms with Gasteiger partial charge in [0.1, 0.15) is 11.6 Å². The van der Waals surface area contributed by atoms with Crippen LogP contribution in [0, 0.1) is 11.3 Å². The molecule has 0 aromatic heterocycles. The summed E-state index contributed by atoms with van der Waals surface area (Å²) in [4.78, 5) is 14.3. The van der Waals surface area contributed by atoms with E-state index in [1.807, 2.05) is 0 Å². The van der Waals surface area contributed by atoms with Crippen LogP contribution in [0.4, 0.5) is 0 Å². The molecule has 118 valence electrons. The van der Waals surface area contributed by atoms with Gasteiger partial charge in [0, 0.05) is 25.3 Å². The molecule has 0 radical (unpaired) electrons. The van der Waals surface area contributed by atoms with Crippen molar-refractivity contribution < 1.29 is 4.79 Å². The first kappa shape index (κ1) is 17.6. The van der Waals surface area contributed by atoms with Gasteiger partial charge in [-0.2, -0.15) is 5.26 Å². The van der Waals surface area contributed by atoms with Crippen LogP contribution in [0.3, 0.4) is 0 Å². The van der Waals surface area contributed by atoms with E-state index in [0.29, 0.717) is 0 Å². The summed E-state index contributed by atoms with van der Waals surface area (Å²) < 4.78 is 0. The Morgan fingerprint density at radius 1 is 1.24 bits per heavy atom. The van der Waals surface area contributed by atoms with Gasteiger partial charge >= 0.3 is 0 Å². The van der Waals surface area contributed by atoms with E-state index in [2.05, 4.69) is 30.1 Å². The monoisotopic (exact) mass is 291 g/mol.